The molecule has 0 aliphatic carbocycles. The normalized spacial score (nSPS) is 28.0. The standard InChI is InChI=1S/C16H17FN2OS/c17-12-3-1-2-11-8-14(21-15(11)12)16(20)18-13-9-19-6-4-10(13)5-7-19/h1-3,8,10,13H,4-7,9H2,(H,18,20)/t13-/m1/s1. The van der Waals surface area contributed by atoms with Crippen LogP contribution in [0.4, 0.5) is 4.39 Å². The van der Waals surface area contributed by atoms with E-state index in [1.807, 2.05) is 6.07 Å². The third-order valence-corrected chi connectivity index (χ3v) is 5.85. The van der Waals surface area contributed by atoms with Crippen molar-refractivity contribution in [2.75, 3.05) is 19.6 Å². The molecule has 3 saturated heterocycles. The molecule has 3 aliphatic heterocycles. The molecule has 5 heteroatoms. The van der Waals surface area contributed by atoms with Crippen LogP contribution < -0.4 is 5.32 Å². The number of nitrogens with zero attached hydrogens (tertiary/aromatic N) is 1. The first-order valence-electron chi connectivity index (χ1n) is 7.42. The van der Waals surface area contributed by atoms with Crippen LogP contribution in [-0.4, -0.2) is 36.5 Å². The van der Waals surface area contributed by atoms with Gasteiger partial charge in [-0.3, -0.25) is 4.79 Å². The van der Waals surface area contributed by atoms with Crippen LogP contribution in [0.2, 0.25) is 0 Å². The highest BCUT2D eigenvalue weighted by atomic mass is 32.1. The molecule has 0 unspecified atom stereocenters. The maximum atomic E-state index is 13.7. The van der Waals surface area contributed by atoms with Crippen molar-refractivity contribution < 1.29 is 9.18 Å². The molecule has 21 heavy (non-hydrogen) atoms. The summed E-state index contributed by atoms with van der Waals surface area (Å²) >= 11 is 1.24. The number of hydrogen-bond acceptors (Lipinski definition) is 3. The minimum atomic E-state index is -0.251. The monoisotopic (exact) mass is 304 g/mol. The zero-order valence-electron chi connectivity index (χ0n) is 11.6. The van der Waals surface area contributed by atoms with Gasteiger partial charge in [-0.15, -0.1) is 11.3 Å². The summed E-state index contributed by atoms with van der Waals surface area (Å²) in [4.78, 5) is 15.4. The van der Waals surface area contributed by atoms with E-state index >= 15 is 0 Å². The fourth-order valence-corrected chi connectivity index (χ4v) is 4.48. The molecular formula is C16H17FN2OS. The van der Waals surface area contributed by atoms with Crippen molar-refractivity contribution in [1.29, 1.82) is 0 Å². The SMILES string of the molecule is O=C(N[C@@H]1CN2CCC1CC2)c1cc2cccc(F)c2s1. The summed E-state index contributed by atoms with van der Waals surface area (Å²) in [6.07, 6.45) is 2.35. The van der Waals surface area contributed by atoms with Gasteiger partial charge in [0, 0.05) is 12.6 Å². The van der Waals surface area contributed by atoms with Crippen molar-refractivity contribution in [3.8, 4) is 0 Å². The number of rotatable bonds is 2. The predicted octanol–water partition coefficient (Wildman–Crippen LogP) is 2.86. The number of halogens is 1. The Morgan fingerprint density at radius 2 is 2.14 bits per heavy atom. The summed E-state index contributed by atoms with van der Waals surface area (Å²) < 4.78 is 14.3. The van der Waals surface area contributed by atoms with Gasteiger partial charge in [0.1, 0.15) is 5.82 Å². The molecule has 2 bridgehead atoms. The molecule has 1 amide bonds. The highest BCUT2D eigenvalue weighted by Gasteiger charge is 2.35. The lowest BCUT2D eigenvalue weighted by molar-refractivity contribution is 0.0622. The molecule has 0 radical (unpaired) electrons. The van der Waals surface area contributed by atoms with Crippen LogP contribution in [0.15, 0.2) is 24.3 Å². The number of amides is 1. The Balaban J connectivity index is 1.55. The van der Waals surface area contributed by atoms with Crippen LogP contribution in [0.1, 0.15) is 22.5 Å². The number of hydrogen-bond donors (Lipinski definition) is 1. The topological polar surface area (TPSA) is 32.3 Å². The second-order valence-corrected chi connectivity index (χ2v) is 7.04. The molecule has 3 nitrogen and oxygen atoms in total. The number of nitrogens with one attached hydrogen (secondary N) is 1. The zero-order valence-corrected chi connectivity index (χ0v) is 12.5. The van der Waals surface area contributed by atoms with Crippen LogP contribution in [0.3, 0.4) is 0 Å². The maximum absolute atomic E-state index is 13.7. The van der Waals surface area contributed by atoms with Crippen molar-refractivity contribution in [3.63, 3.8) is 0 Å². The number of carbonyl (C=O) groups excluding carboxylic acids is 1. The van der Waals surface area contributed by atoms with E-state index in [0.29, 0.717) is 15.5 Å². The molecule has 3 aliphatic rings. The first-order chi connectivity index (χ1) is 10.2. The Morgan fingerprint density at radius 1 is 1.33 bits per heavy atom. The van der Waals surface area contributed by atoms with Gasteiger partial charge in [-0.1, -0.05) is 12.1 Å². The largest absolute Gasteiger partial charge is 0.347 e. The molecule has 0 spiro atoms. The van der Waals surface area contributed by atoms with Gasteiger partial charge in [0.15, 0.2) is 0 Å². The number of thiophene rings is 1. The van der Waals surface area contributed by atoms with E-state index in [1.165, 1.54) is 30.2 Å². The molecule has 4 heterocycles. The average molecular weight is 304 g/mol. The van der Waals surface area contributed by atoms with Crippen molar-refractivity contribution in [3.05, 3.63) is 35.0 Å². The van der Waals surface area contributed by atoms with Crippen LogP contribution in [0, 0.1) is 11.7 Å². The lowest BCUT2D eigenvalue weighted by atomic mass is 9.84. The van der Waals surface area contributed by atoms with E-state index in [9.17, 15) is 9.18 Å². The van der Waals surface area contributed by atoms with Crippen LogP contribution in [0.5, 0.6) is 0 Å². The molecule has 1 aromatic carbocycles. The third-order valence-electron chi connectivity index (χ3n) is 4.69. The Bertz CT molecular complexity index is 691. The van der Waals surface area contributed by atoms with Gasteiger partial charge in [0.2, 0.25) is 0 Å². The number of benzene rings is 1. The van der Waals surface area contributed by atoms with Gasteiger partial charge in [-0.2, -0.15) is 0 Å². The second-order valence-electron chi connectivity index (χ2n) is 5.99. The highest BCUT2D eigenvalue weighted by Crippen LogP contribution is 2.30. The predicted molar refractivity (Wildman–Crippen MR) is 82.2 cm³/mol. The summed E-state index contributed by atoms with van der Waals surface area (Å²) in [6, 6.07) is 7.00. The Hall–Kier alpha value is -1.46. The lowest BCUT2D eigenvalue weighted by Crippen LogP contribution is -2.57. The number of fused-ring (bicyclic) bond motifs is 4. The molecular weight excluding hydrogens is 287 g/mol. The smallest absolute Gasteiger partial charge is 0.261 e. The van der Waals surface area contributed by atoms with E-state index in [4.69, 9.17) is 0 Å². The molecule has 5 rings (SSSR count). The van der Waals surface area contributed by atoms with E-state index < -0.39 is 0 Å². The summed E-state index contributed by atoms with van der Waals surface area (Å²) in [5, 5.41) is 3.96. The van der Waals surface area contributed by atoms with Gasteiger partial charge in [-0.05, 0) is 49.4 Å². The van der Waals surface area contributed by atoms with Crippen LogP contribution >= 0.6 is 11.3 Å². The van der Waals surface area contributed by atoms with E-state index in [-0.39, 0.29) is 17.8 Å². The van der Waals surface area contributed by atoms with Crippen molar-refractivity contribution in [2.24, 2.45) is 5.92 Å². The molecule has 2 aromatic rings. The Labute approximate surface area is 126 Å². The molecule has 110 valence electrons. The summed E-state index contributed by atoms with van der Waals surface area (Å²) in [7, 11) is 0. The van der Waals surface area contributed by atoms with Crippen LogP contribution in [0.25, 0.3) is 10.1 Å². The fourth-order valence-electron chi connectivity index (χ4n) is 3.51. The van der Waals surface area contributed by atoms with Gasteiger partial charge < -0.3 is 10.2 Å². The minimum Gasteiger partial charge on any atom is -0.347 e. The minimum absolute atomic E-state index is 0.0608. The van der Waals surface area contributed by atoms with E-state index in [2.05, 4.69) is 10.2 Å². The third kappa shape index (κ3) is 2.34. The highest BCUT2D eigenvalue weighted by molar-refractivity contribution is 7.20. The van der Waals surface area contributed by atoms with Gasteiger partial charge >= 0.3 is 0 Å². The summed E-state index contributed by atoms with van der Waals surface area (Å²) in [5.74, 6) is 0.291. The van der Waals surface area contributed by atoms with Crippen molar-refractivity contribution >= 4 is 27.3 Å². The Kier molecular flexibility index (Phi) is 3.19. The van der Waals surface area contributed by atoms with Gasteiger partial charge in [-0.25, -0.2) is 4.39 Å². The lowest BCUT2D eigenvalue weighted by Gasteiger charge is -2.44. The average Bonchev–Trinajstić information content (AvgIpc) is 2.94. The van der Waals surface area contributed by atoms with Crippen molar-refractivity contribution in [2.45, 2.75) is 18.9 Å². The Morgan fingerprint density at radius 3 is 2.81 bits per heavy atom. The van der Waals surface area contributed by atoms with Crippen molar-refractivity contribution in [1.82, 2.24) is 10.2 Å². The first-order valence-corrected chi connectivity index (χ1v) is 8.23. The van der Waals surface area contributed by atoms with Gasteiger partial charge in [0.05, 0.1) is 9.58 Å². The number of carbonyl (C=O) groups is 1. The molecule has 0 saturated carbocycles. The van der Waals surface area contributed by atoms with E-state index in [1.54, 1.807) is 12.1 Å². The molecule has 3 fully saturated rings. The fraction of sp³-hybridized carbons (Fsp3) is 0.438. The zero-order chi connectivity index (χ0) is 14.4. The maximum Gasteiger partial charge on any atom is 0.261 e. The van der Waals surface area contributed by atoms with Gasteiger partial charge in [0.25, 0.3) is 5.91 Å². The van der Waals surface area contributed by atoms with Crippen LogP contribution in [-0.2, 0) is 0 Å². The first kappa shape index (κ1) is 13.2. The quantitative estimate of drug-likeness (QED) is 0.925. The molecule has 1 N–H and O–H groups in total. The second kappa shape index (κ2) is 5.07. The van der Waals surface area contributed by atoms with E-state index in [0.717, 1.165) is 25.0 Å². The summed E-state index contributed by atoms with van der Waals surface area (Å²) in [5.41, 5.74) is 0. The summed E-state index contributed by atoms with van der Waals surface area (Å²) in [6.45, 7) is 3.27. The number of piperidine rings is 3. The molecule has 1 aromatic heterocycles. The molecule has 1 atom stereocenters.